The van der Waals surface area contributed by atoms with Crippen LogP contribution >= 0.6 is 22.9 Å². The maximum Gasteiger partial charge on any atom is 0.262 e. The largest absolute Gasteiger partial charge is 0.484 e. The van der Waals surface area contributed by atoms with E-state index in [1.807, 2.05) is 37.3 Å². The number of aryl methyl sites for hydroxylation is 1. The molecule has 0 saturated heterocycles. The number of nitrogens with zero attached hydrogens (tertiary/aromatic N) is 4. The average molecular weight is 400 g/mol. The number of ether oxygens (including phenoxy) is 1. The number of hydrogen-bond donors (Lipinski definition) is 1. The molecule has 136 valence electrons. The van der Waals surface area contributed by atoms with Gasteiger partial charge in [-0.1, -0.05) is 29.0 Å². The van der Waals surface area contributed by atoms with Crippen molar-refractivity contribution in [3.05, 3.63) is 59.4 Å². The smallest absolute Gasteiger partial charge is 0.262 e. The minimum Gasteiger partial charge on any atom is -0.484 e. The third-order valence-electron chi connectivity index (χ3n) is 3.82. The molecule has 0 radical (unpaired) electrons. The molecule has 0 aliphatic carbocycles. The molecule has 1 N–H and O–H groups in total. The van der Waals surface area contributed by atoms with Gasteiger partial charge in [0.05, 0.1) is 0 Å². The highest BCUT2D eigenvalue weighted by molar-refractivity contribution is 7.19. The van der Waals surface area contributed by atoms with Crippen LogP contribution in [-0.4, -0.2) is 32.3 Å². The van der Waals surface area contributed by atoms with E-state index in [4.69, 9.17) is 16.3 Å². The number of benzene rings is 2. The molecule has 0 atom stereocenters. The third kappa shape index (κ3) is 3.91. The molecule has 0 fully saturated rings. The maximum atomic E-state index is 12.1. The van der Waals surface area contributed by atoms with Gasteiger partial charge in [0.1, 0.15) is 17.1 Å². The predicted octanol–water partition coefficient (Wildman–Crippen LogP) is 3.83. The minimum absolute atomic E-state index is 0.0994. The summed E-state index contributed by atoms with van der Waals surface area (Å²) in [4.78, 5) is 12.8. The van der Waals surface area contributed by atoms with E-state index in [2.05, 4.69) is 20.6 Å². The predicted molar refractivity (Wildman–Crippen MR) is 104 cm³/mol. The Hall–Kier alpha value is -2.97. The van der Waals surface area contributed by atoms with Gasteiger partial charge in [-0.3, -0.25) is 4.79 Å². The first-order chi connectivity index (χ1) is 13.1. The zero-order chi connectivity index (χ0) is 18.8. The number of fused-ring (bicyclic) bond motifs is 1. The summed E-state index contributed by atoms with van der Waals surface area (Å²) < 4.78 is 7.10. The number of nitrogens with one attached hydrogen (secondary N) is 1. The zero-order valence-electron chi connectivity index (χ0n) is 14.2. The van der Waals surface area contributed by atoms with Crippen molar-refractivity contribution in [3.63, 3.8) is 0 Å². The van der Waals surface area contributed by atoms with E-state index in [1.165, 1.54) is 11.3 Å². The number of hydrogen-bond acceptors (Lipinski definition) is 6. The zero-order valence-corrected chi connectivity index (χ0v) is 15.8. The van der Waals surface area contributed by atoms with Crippen molar-refractivity contribution in [2.24, 2.45) is 0 Å². The molecule has 7 nitrogen and oxygen atoms in total. The second-order valence-corrected chi connectivity index (χ2v) is 7.15. The molecular formula is C18H14ClN5O2S. The van der Waals surface area contributed by atoms with Gasteiger partial charge in [-0.25, -0.2) is 0 Å². The highest BCUT2D eigenvalue weighted by Crippen LogP contribution is 2.26. The number of anilines is 1. The fourth-order valence-electron chi connectivity index (χ4n) is 2.38. The Labute approximate surface area is 163 Å². The lowest BCUT2D eigenvalue weighted by molar-refractivity contribution is -0.118. The highest BCUT2D eigenvalue weighted by Gasteiger charge is 2.09. The Kier molecular flexibility index (Phi) is 4.74. The average Bonchev–Trinajstić information content (AvgIpc) is 3.25. The molecule has 4 aromatic rings. The van der Waals surface area contributed by atoms with Gasteiger partial charge >= 0.3 is 0 Å². The summed E-state index contributed by atoms with van der Waals surface area (Å²) in [5.41, 5.74) is 2.57. The van der Waals surface area contributed by atoms with Crippen LogP contribution in [0, 0.1) is 6.92 Å². The van der Waals surface area contributed by atoms with Gasteiger partial charge < -0.3 is 10.1 Å². The second-order valence-electron chi connectivity index (χ2n) is 5.79. The molecule has 0 aliphatic rings. The van der Waals surface area contributed by atoms with Crippen LogP contribution < -0.4 is 10.1 Å². The van der Waals surface area contributed by atoms with Gasteiger partial charge in [-0.15, -0.1) is 10.2 Å². The maximum absolute atomic E-state index is 12.1. The van der Waals surface area contributed by atoms with Gasteiger partial charge in [0, 0.05) is 16.3 Å². The summed E-state index contributed by atoms with van der Waals surface area (Å²) in [5, 5.41) is 16.4. The van der Waals surface area contributed by atoms with Crippen LogP contribution in [0.1, 0.15) is 5.56 Å². The van der Waals surface area contributed by atoms with Gasteiger partial charge in [-0.05, 0) is 48.9 Å². The highest BCUT2D eigenvalue weighted by atomic mass is 35.5. The lowest BCUT2D eigenvalue weighted by Gasteiger charge is -2.09. The van der Waals surface area contributed by atoms with Crippen LogP contribution in [0.5, 0.6) is 5.75 Å². The quantitative estimate of drug-likeness (QED) is 0.551. The summed E-state index contributed by atoms with van der Waals surface area (Å²) in [5.74, 6) is 0.303. The van der Waals surface area contributed by atoms with E-state index >= 15 is 0 Å². The fraction of sp³-hybridized carbons (Fsp3) is 0.111. The van der Waals surface area contributed by atoms with Crippen molar-refractivity contribution in [1.82, 2.24) is 19.8 Å². The van der Waals surface area contributed by atoms with Crippen LogP contribution in [-0.2, 0) is 4.79 Å². The Morgan fingerprint density at radius 3 is 2.81 bits per heavy atom. The van der Waals surface area contributed by atoms with E-state index in [-0.39, 0.29) is 12.5 Å². The molecular weight excluding hydrogens is 386 g/mol. The first kappa shape index (κ1) is 17.4. The molecule has 0 spiro atoms. The molecule has 0 unspecified atom stereocenters. The lowest BCUT2D eigenvalue weighted by Crippen LogP contribution is -2.20. The number of halogens is 1. The lowest BCUT2D eigenvalue weighted by atomic mass is 10.2. The Bertz CT molecular complexity index is 1080. The molecule has 0 saturated carbocycles. The third-order valence-corrected chi connectivity index (χ3v) is 5.18. The molecule has 1 amide bonds. The number of amides is 1. The van der Waals surface area contributed by atoms with Crippen molar-refractivity contribution < 1.29 is 9.53 Å². The van der Waals surface area contributed by atoms with Crippen LogP contribution in [0.2, 0.25) is 5.02 Å². The standard InChI is InChI=1S/C18H14ClN5O2S/c1-11-2-7-14(8-15(11)19)26-9-16(25)21-13-5-3-12(4-6-13)17-23-24-10-20-22-18(24)27-17/h2-8,10H,9H2,1H3,(H,21,25). The minimum atomic E-state index is -0.252. The summed E-state index contributed by atoms with van der Waals surface area (Å²) in [6, 6.07) is 12.7. The number of rotatable bonds is 5. The van der Waals surface area contributed by atoms with Crippen LogP contribution in [0.15, 0.2) is 48.8 Å². The summed E-state index contributed by atoms with van der Waals surface area (Å²) in [7, 11) is 0. The summed E-state index contributed by atoms with van der Waals surface area (Å²) >= 11 is 7.49. The topological polar surface area (TPSA) is 81.4 Å². The molecule has 0 aliphatic heterocycles. The van der Waals surface area contributed by atoms with Crippen LogP contribution in [0.25, 0.3) is 15.5 Å². The SMILES string of the molecule is Cc1ccc(OCC(=O)Nc2ccc(-c3nn4cnnc4s3)cc2)cc1Cl. The molecule has 9 heteroatoms. The van der Waals surface area contributed by atoms with Gasteiger partial charge in [0.25, 0.3) is 5.91 Å². The van der Waals surface area contributed by atoms with E-state index in [9.17, 15) is 4.79 Å². The van der Waals surface area contributed by atoms with E-state index in [0.717, 1.165) is 21.1 Å². The van der Waals surface area contributed by atoms with Crippen molar-refractivity contribution >= 4 is 39.5 Å². The number of aromatic nitrogens is 4. The van der Waals surface area contributed by atoms with Crippen molar-refractivity contribution in [1.29, 1.82) is 0 Å². The fourth-order valence-corrected chi connectivity index (χ4v) is 3.38. The van der Waals surface area contributed by atoms with Crippen LogP contribution in [0.3, 0.4) is 0 Å². The number of carbonyl (C=O) groups excluding carboxylic acids is 1. The van der Waals surface area contributed by atoms with Crippen LogP contribution in [0.4, 0.5) is 5.69 Å². The first-order valence-corrected chi connectivity index (χ1v) is 9.24. The summed E-state index contributed by atoms with van der Waals surface area (Å²) in [6.45, 7) is 1.81. The molecule has 2 heterocycles. The Morgan fingerprint density at radius 1 is 1.26 bits per heavy atom. The van der Waals surface area contributed by atoms with Crippen molar-refractivity contribution in [2.75, 3.05) is 11.9 Å². The number of carbonyl (C=O) groups is 1. The monoisotopic (exact) mass is 399 g/mol. The second kappa shape index (κ2) is 7.34. The normalized spacial score (nSPS) is 10.9. The van der Waals surface area contributed by atoms with Crippen molar-refractivity contribution in [2.45, 2.75) is 6.92 Å². The first-order valence-electron chi connectivity index (χ1n) is 8.04. The molecule has 4 rings (SSSR count). The van der Waals surface area contributed by atoms with Crippen molar-refractivity contribution in [3.8, 4) is 16.3 Å². The van der Waals surface area contributed by atoms with Gasteiger partial charge in [0.2, 0.25) is 4.96 Å². The molecule has 2 aromatic carbocycles. The van der Waals surface area contributed by atoms with Gasteiger partial charge in [-0.2, -0.15) is 9.61 Å². The summed E-state index contributed by atoms with van der Waals surface area (Å²) in [6.07, 6.45) is 1.56. The Balaban J connectivity index is 1.36. The molecule has 27 heavy (non-hydrogen) atoms. The molecule has 2 aromatic heterocycles. The van der Waals surface area contributed by atoms with E-state index in [0.29, 0.717) is 16.5 Å². The Morgan fingerprint density at radius 2 is 2.07 bits per heavy atom. The molecule has 0 bridgehead atoms. The van der Waals surface area contributed by atoms with E-state index < -0.39 is 0 Å². The van der Waals surface area contributed by atoms with E-state index in [1.54, 1.807) is 23.0 Å². The van der Waals surface area contributed by atoms with Gasteiger partial charge in [0.15, 0.2) is 6.61 Å².